The number of carbonyl (C=O) groups excluding carboxylic acids is 8. The van der Waals surface area contributed by atoms with Crippen LogP contribution in [-0.4, -0.2) is 106 Å². The topological polar surface area (TPSA) is 238 Å². The monoisotopic (exact) mass is 804 g/mol. The Morgan fingerprint density at radius 1 is 0.879 bits per heavy atom. The highest BCUT2D eigenvalue weighted by Crippen LogP contribution is 2.30. The summed E-state index contributed by atoms with van der Waals surface area (Å²) in [6.07, 6.45) is 2.25. The van der Waals surface area contributed by atoms with Gasteiger partial charge in [0.2, 0.25) is 29.6 Å². The van der Waals surface area contributed by atoms with E-state index in [-0.39, 0.29) is 31.0 Å². The molecule has 17 heteroatoms. The molecule has 4 atom stereocenters. The summed E-state index contributed by atoms with van der Waals surface area (Å²) in [6, 6.07) is 8.38. The number of rotatable bonds is 18. The maximum absolute atomic E-state index is 14.5. The van der Waals surface area contributed by atoms with Crippen molar-refractivity contribution in [3.63, 3.8) is 0 Å². The first kappa shape index (κ1) is 44.6. The molecule has 1 saturated heterocycles. The van der Waals surface area contributed by atoms with Crippen molar-refractivity contribution in [2.45, 2.75) is 103 Å². The zero-order chi connectivity index (χ0) is 42.5. The molecule has 5 N–H and O–H groups in total. The molecule has 17 nitrogen and oxygen atoms in total. The van der Waals surface area contributed by atoms with Crippen molar-refractivity contribution < 1.29 is 53.0 Å². The summed E-state index contributed by atoms with van der Waals surface area (Å²) in [5.74, 6) is -8.15. The number of carbonyl (C=O) groups is 9. The lowest BCUT2D eigenvalue weighted by Gasteiger charge is -2.33. The summed E-state index contributed by atoms with van der Waals surface area (Å²) in [5.41, 5.74) is 2.92. The lowest BCUT2D eigenvalue weighted by Crippen LogP contribution is -2.59. The highest BCUT2D eigenvalue weighted by atomic mass is 16.6. The molecule has 1 aliphatic carbocycles. The first-order valence-corrected chi connectivity index (χ1v) is 19.4. The molecular formula is C41H52N6O11. The lowest BCUT2D eigenvalue weighted by molar-refractivity contribution is -0.164. The van der Waals surface area contributed by atoms with Crippen LogP contribution in [0.1, 0.15) is 87.2 Å². The van der Waals surface area contributed by atoms with Gasteiger partial charge in [0.15, 0.2) is 0 Å². The Bertz CT molecular complexity index is 1880. The number of carboxylic acid groups (broad SMARTS) is 1. The van der Waals surface area contributed by atoms with Gasteiger partial charge in [0.1, 0.15) is 18.6 Å². The smallest absolute Gasteiger partial charge is 0.349 e. The highest BCUT2D eigenvalue weighted by molar-refractivity contribution is 6.38. The number of nitrogens with zero attached hydrogens (tertiary/aromatic N) is 2. The van der Waals surface area contributed by atoms with E-state index >= 15 is 0 Å². The van der Waals surface area contributed by atoms with Gasteiger partial charge in [-0.3, -0.25) is 33.6 Å². The summed E-state index contributed by atoms with van der Waals surface area (Å²) < 4.78 is 5.04. The fraction of sp³-hybridized carbons (Fsp3) is 0.488. The van der Waals surface area contributed by atoms with Gasteiger partial charge in [-0.1, -0.05) is 81.1 Å². The minimum absolute atomic E-state index is 0.0254. The number of ketones is 1. The van der Waals surface area contributed by atoms with Crippen molar-refractivity contribution in [1.82, 2.24) is 31.1 Å². The van der Waals surface area contributed by atoms with Gasteiger partial charge in [-0.2, -0.15) is 0 Å². The number of ether oxygens (including phenoxy) is 1. The van der Waals surface area contributed by atoms with Crippen LogP contribution < -0.4 is 21.3 Å². The number of aliphatic carboxylic acids is 1. The molecule has 0 spiro atoms. The molecule has 0 aromatic heterocycles. The van der Waals surface area contributed by atoms with Crippen molar-refractivity contribution in [3.8, 4) is 0 Å². The van der Waals surface area contributed by atoms with Crippen molar-refractivity contribution in [2.24, 2.45) is 5.92 Å². The molecule has 4 rings (SSSR count). The second-order valence-electron chi connectivity index (χ2n) is 14.7. The number of urea groups is 1. The molecule has 1 aliphatic heterocycles. The van der Waals surface area contributed by atoms with Gasteiger partial charge < -0.3 is 36.0 Å². The molecule has 2 aromatic rings. The van der Waals surface area contributed by atoms with Gasteiger partial charge in [0.05, 0.1) is 19.1 Å². The Kier molecular flexibility index (Phi) is 16.0. The van der Waals surface area contributed by atoms with E-state index in [9.17, 15) is 48.3 Å². The minimum atomic E-state index is -1.66. The van der Waals surface area contributed by atoms with Crippen LogP contribution in [0.15, 0.2) is 48.5 Å². The molecule has 2 fully saturated rings. The van der Waals surface area contributed by atoms with Crippen LogP contribution in [0.5, 0.6) is 0 Å². The summed E-state index contributed by atoms with van der Waals surface area (Å²) in [6.45, 7) is 5.31. The third kappa shape index (κ3) is 11.9. The fourth-order valence-electron chi connectivity index (χ4n) is 7.07. The Morgan fingerprint density at radius 3 is 2.19 bits per heavy atom. The van der Waals surface area contributed by atoms with Gasteiger partial charge in [-0.25, -0.2) is 14.5 Å². The Balaban J connectivity index is 1.55. The van der Waals surface area contributed by atoms with E-state index in [0.29, 0.717) is 19.3 Å². The average molecular weight is 805 g/mol. The number of hydrogen-bond acceptors (Lipinski definition) is 10. The molecular weight excluding hydrogens is 752 g/mol. The maximum atomic E-state index is 14.5. The van der Waals surface area contributed by atoms with E-state index in [1.54, 1.807) is 25.1 Å². The van der Waals surface area contributed by atoms with Crippen LogP contribution >= 0.6 is 0 Å². The van der Waals surface area contributed by atoms with Crippen LogP contribution in [0.25, 0.3) is 0 Å². The van der Waals surface area contributed by atoms with E-state index in [2.05, 4.69) is 21.3 Å². The molecule has 1 heterocycles. The molecule has 2 aliphatic rings. The first-order chi connectivity index (χ1) is 27.6. The standard InChI is InChI=1S/C41H52N6O11/c1-5-12-30(35(51)38(53)43-21-33(50)58-36(40(55)56)29-15-10-7-11-16-29)44-37(52)31-23-46(22-27-18-17-24(2)25(3)19-27)41(57)47(31)39(54)34(28-13-8-6-9-14-28)45-32(49)20-42-26(4)48/h7,10-11,15-19,28,30-31,34,36H,5-6,8-9,12-14,20-23H2,1-4H3,(H,42,48)(H,43,53)(H,44,52)(H,45,49)(H,55,56)/t30?,31?,34?,36-/m0/s1. The molecule has 312 valence electrons. The van der Waals surface area contributed by atoms with Crippen molar-refractivity contribution in [2.75, 3.05) is 19.6 Å². The Hall–Kier alpha value is -6.13. The fourth-order valence-corrected chi connectivity index (χ4v) is 7.07. The van der Waals surface area contributed by atoms with Gasteiger partial charge in [0, 0.05) is 19.0 Å². The number of nitrogens with one attached hydrogen (secondary N) is 4. The van der Waals surface area contributed by atoms with Crippen LogP contribution in [0.4, 0.5) is 4.79 Å². The van der Waals surface area contributed by atoms with Crippen molar-refractivity contribution in [3.05, 3.63) is 70.8 Å². The summed E-state index contributed by atoms with van der Waals surface area (Å²) in [5, 5.41) is 19.3. The SMILES string of the molecule is CCCC(NC(=O)C1CN(Cc2ccc(C)c(C)c2)C(=O)N1C(=O)C(NC(=O)CNC(C)=O)C1CCCCC1)C(=O)C(=O)NCC(=O)O[C@H](C(=O)O)c1ccccc1. The number of imide groups is 1. The lowest BCUT2D eigenvalue weighted by atomic mass is 9.83. The predicted molar refractivity (Wildman–Crippen MR) is 207 cm³/mol. The van der Waals surface area contributed by atoms with Crippen LogP contribution in [0.3, 0.4) is 0 Å². The second kappa shape index (κ2) is 20.9. The van der Waals surface area contributed by atoms with Gasteiger partial charge in [0.25, 0.3) is 11.8 Å². The molecule has 58 heavy (non-hydrogen) atoms. The molecule has 0 radical (unpaired) electrons. The maximum Gasteiger partial charge on any atom is 0.349 e. The summed E-state index contributed by atoms with van der Waals surface area (Å²) in [7, 11) is 0. The van der Waals surface area contributed by atoms with E-state index in [1.807, 2.05) is 32.0 Å². The van der Waals surface area contributed by atoms with Crippen LogP contribution in [0, 0.1) is 19.8 Å². The van der Waals surface area contributed by atoms with Crippen LogP contribution in [-0.2, 0) is 49.6 Å². The number of hydrogen-bond donors (Lipinski definition) is 5. The van der Waals surface area contributed by atoms with Gasteiger partial charge in [-0.15, -0.1) is 0 Å². The number of carboxylic acids is 1. The third-order valence-corrected chi connectivity index (χ3v) is 10.3. The zero-order valence-corrected chi connectivity index (χ0v) is 33.2. The van der Waals surface area contributed by atoms with Crippen molar-refractivity contribution >= 4 is 53.3 Å². The van der Waals surface area contributed by atoms with Crippen molar-refractivity contribution in [1.29, 1.82) is 0 Å². The summed E-state index contributed by atoms with van der Waals surface area (Å²) >= 11 is 0. The van der Waals surface area contributed by atoms with Gasteiger partial charge in [-0.05, 0) is 55.7 Å². The number of aryl methyl sites for hydroxylation is 2. The number of esters is 1. The molecule has 7 amide bonds. The number of benzene rings is 2. The molecule has 1 saturated carbocycles. The van der Waals surface area contributed by atoms with Crippen LogP contribution in [0.2, 0.25) is 0 Å². The largest absolute Gasteiger partial charge is 0.478 e. The number of Topliss-reactive ketones (excluding diaryl/α,β-unsaturated/α-hetero) is 1. The van der Waals surface area contributed by atoms with E-state index in [4.69, 9.17) is 4.74 Å². The predicted octanol–water partition coefficient (Wildman–Crippen LogP) is 1.98. The molecule has 2 aromatic carbocycles. The Morgan fingerprint density at radius 2 is 1.57 bits per heavy atom. The number of amides is 7. The van der Waals surface area contributed by atoms with E-state index in [1.165, 1.54) is 24.0 Å². The van der Waals surface area contributed by atoms with E-state index < -0.39 is 90.6 Å². The van der Waals surface area contributed by atoms with Gasteiger partial charge >= 0.3 is 18.0 Å². The van der Waals surface area contributed by atoms with E-state index in [0.717, 1.165) is 40.9 Å². The molecule has 3 unspecified atom stereocenters. The summed E-state index contributed by atoms with van der Waals surface area (Å²) in [4.78, 5) is 120. The Labute approximate surface area is 336 Å². The quantitative estimate of drug-likeness (QED) is 0.108. The molecule has 0 bridgehead atoms. The second-order valence-corrected chi connectivity index (χ2v) is 14.7. The zero-order valence-electron chi connectivity index (χ0n) is 33.2. The third-order valence-electron chi connectivity index (χ3n) is 10.3. The highest BCUT2D eigenvalue weighted by Gasteiger charge is 2.49. The minimum Gasteiger partial charge on any atom is -0.478 e. The first-order valence-electron chi connectivity index (χ1n) is 19.4. The average Bonchev–Trinajstić information content (AvgIpc) is 3.53. The normalized spacial score (nSPS) is 17.0.